The molecule has 1 amide bonds. The van der Waals surface area contributed by atoms with Crippen LogP contribution in [0.25, 0.3) is 0 Å². The molecule has 1 N–H and O–H groups in total. The van der Waals surface area contributed by atoms with Crippen LogP contribution in [-0.4, -0.2) is 46.3 Å². The Balaban J connectivity index is 1.44. The van der Waals surface area contributed by atoms with Crippen molar-refractivity contribution >= 4 is 17.4 Å². The molecule has 0 spiro atoms. The van der Waals surface area contributed by atoms with Gasteiger partial charge < -0.3 is 15.0 Å². The molecule has 3 aromatic rings. The number of benzene rings is 1. The third-order valence-corrected chi connectivity index (χ3v) is 5.00. The number of amides is 1. The molecule has 1 aromatic carbocycles. The number of nitrogens with one attached hydrogen (secondary N) is 1. The van der Waals surface area contributed by atoms with Crippen LogP contribution in [0, 0.1) is 0 Å². The summed E-state index contributed by atoms with van der Waals surface area (Å²) in [6, 6.07) is 14.3. The average Bonchev–Trinajstić information content (AvgIpc) is 2.80. The number of aromatic nitrogens is 3. The Morgan fingerprint density at radius 2 is 1.81 bits per heavy atom. The van der Waals surface area contributed by atoms with Crippen LogP contribution < -0.4 is 21.5 Å². The lowest BCUT2D eigenvalue weighted by Crippen LogP contribution is -2.41. The Kier molecular flexibility index (Phi) is 6.23. The molecule has 9 heteroatoms. The molecule has 4 rings (SSSR count). The zero-order valence-corrected chi connectivity index (χ0v) is 16.9. The Hall–Kier alpha value is -3.72. The molecule has 0 radical (unpaired) electrons. The van der Waals surface area contributed by atoms with Gasteiger partial charge in [0.15, 0.2) is 0 Å². The molecule has 1 aliphatic heterocycles. The molecular weight excluding hydrogens is 398 g/mol. The van der Waals surface area contributed by atoms with Crippen molar-refractivity contribution in [1.29, 1.82) is 0 Å². The zero-order valence-electron chi connectivity index (χ0n) is 16.9. The summed E-state index contributed by atoms with van der Waals surface area (Å²) in [5.74, 6) is 0.335. The van der Waals surface area contributed by atoms with E-state index in [0.29, 0.717) is 25.4 Å². The number of anilines is 2. The summed E-state index contributed by atoms with van der Waals surface area (Å²) >= 11 is 0. The molecule has 1 saturated heterocycles. The number of pyridine rings is 1. The van der Waals surface area contributed by atoms with Crippen molar-refractivity contribution in [3.8, 4) is 0 Å². The summed E-state index contributed by atoms with van der Waals surface area (Å²) in [6.07, 6.45) is 3.00. The van der Waals surface area contributed by atoms with Crippen LogP contribution in [0.5, 0.6) is 0 Å². The van der Waals surface area contributed by atoms with E-state index in [1.54, 1.807) is 12.3 Å². The van der Waals surface area contributed by atoms with E-state index >= 15 is 0 Å². The topological polar surface area (TPSA) is 98.5 Å². The van der Waals surface area contributed by atoms with Crippen LogP contribution in [0.1, 0.15) is 5.56 Å². The summed E-state index contributed by atoms with van der Waals surface area (Å²) in [5.41, 5.74) is 0.360. The van der Waals surface area contributed by atoms with Gasteiger partial charge in [-0.3, -0.25) is 18.7 Å². The van der Waals surface area contributed by atoms with E-state index in [0.717, 1.165) is 29.0 Å². The van der Waals surface area contributed by atoms with Crippen molar-refractivity contribution in [2.45, 2.75) is 13.1 Å². The molecule has 0 bridgehead atoms. The quantitative estimate of drug-likeness (QED) is 0.636. The monoisotopic (exact) mass is 421 g/mol. The normalized spacial score (nSPS) is 13.7. The van der Waals surface area contributed by atoms with Crippen molar-refractivity contribution in [2.24, 2.45) is 0 Å². The van der Waals surface area contributed by atoms with Crippen LogP contribution in [0.2, 0.25) is 0 Å². The molecule has 1 fully saturated rings. The highest BCUT2D eigenvalue weighted by atomic mass is 16.5. The van der Waals surface area contributed by atoms with Gasteiger partial charge >= 0.3 is 5.69 Å². The standard InChI is InChI=1S/C22H23N5O4/c28-20(24-18-6-7-19(23-14-18)25-10-12-31-13-11-25)16-27-21(29)8-9-26(22(27)30)15-17-4-2-1-3-5-17/h1-9,14H,10-13,15-16H2,(H,24,28). The number of hydrogen-bond donors (Lipinski definition) is 1. The first-order valence-electron chi connectivity index (χ1n) is 10.0. The van der Waals surface area contributed by atoms with E-state index in [1.165, 1.54) is 16.8 Å². The molecule has 0 saturated carbocycles. The summed E-state index contributed by atoms with van der Waals surface area (Å²) in [7, 11) is 0. The molecule has 1 aliphatic rings. The molecule has 31 heavy (non-hydrogen) atoms. The van der Waals surface area contributed by atoms with Crippen LogP contribution in [0.4, 0.5) is 11.5 Å². The van der Waals surface area contributed by atoms with Gasteiger partial charge in [-0.1, -0.05) is 30.3 Å². The lowest BCUT2D eigenvalue weighted by Gasteiger charge is -2.27. The fourth-order valence-corrected chi connectivity index (χ4v) is 3.39. The first-order chi connectivity index (χ1) is 15.1. The van der Waals surface area contributed by atoms with Gasteiger partial charge in [-0.15, -0.1) is 0 Å². The number of ether oxygens (including phenoxy) is 1. The average molecular weight is 421 g/mol. The largest absolute Gasteiger partial charge is 0.378 e. The lowest BCUT2D eigenvalue weighted by molar-refractivity contribution is -0.116. The van der Waals surface area contributed by atoms with Gasteiger partial charge in [0.1, 0.15) is 12.4 Å². The van der Waals surface area contributed by atoms with Crippen molar-refractivity contribution in [3.05, 3.63) is 87.3 Å². The summed E-state index contributed by atoms with van der Waals surface area (Å²) in [4.78, 5) is 43.9. The predicted molar refractivity (Wildman–Crippen MR) is 116 cm³/mol. The van der Waals surface area contributed by atoms with Crippen LogP contribution in [-0.2, 0) is 22.6 Å². The van der Waals surface area contributed by atoms with Crippen molar-refractivity contribution in [3.63, 3.8) is 0 Å². The number of carbonyl (C=O) groups excluding carboxylic acids is 1. The minimum atomic E-state index is -0.535. The van der Waals surface area contributed by atoms with Crippen molar-refractivity contribution in [2.75, 3.05) is 36.5 Å². The number of morpholine rings is 1. The Labute approximate surface area is 178 Å². The molecule has 3 heterocycles. The number of hydrogen-bond acceptors (Lipinski definition) is 6. The number of nitrogens with zero attached hydrogens (tertiary/aromatic N) is 4. The second-order valence-electron chi connectivity index (χ2n) is 7.19. The van der Waals surface area contributed by atoms with Gasteiger partial charge in [0.2, 0.25) is 5.91 Å². The van der Waals surface area contributed by atoms with E-state index < -0.39 is 17.2 Å². The summed E-state index contributed by atoms with van der Waals surface area (Å²) < 4.78 is 7.66. The van der Waals surface area contributed by atoms with Crippen LogP contribution >= 0.6 is 0 Å². The third-order valence-electron chi connectivity index (χ3n) is 5.00. The maximum absolute atomic E-state index is 12.7. The fourth-order valence-electron chi connectivity index (χ4n) is 3.39. The van der Waals surface area contributed by atoms with Crippen LogP contribution in [0.3, 0.4) is 0 Å². The van der Waals surface area contributed by atoms with E-state index in [9.17, 15) is 14.4 Å². The van der Waals surface area contributed by atoms with E-state index in [2.05, 4.69) is 15.2 Å². The fraction of sp³-hybridized carbons (Fsp3) is 0.273. The van der Waals surface area contributed by atoms with Gasteiger partial charge in [0.25, 0.3) is 5.56 Å². The highest BCUT2D eigenvalue weighted by Gasteiger charge is 2.14. The van der Waals surface area contributed by atoms with E-state index in [-0.39, 0.29) is 6.54 Å². The molecule has 2 aromatic heterocycles. The maximum atomic E-state index is 12.7. The minimum Gasteiger partial charge on any atom is -0.378 e. The molecule has 0 atom stereocenters. The zero-order chi connectivity index (χ0) is 21.6. The highest BCUT2D eigenvalue weighted by Crippen LogP contribution is 2.15. The van der Waals surface area contributed by atoms with Gasteiger partial charge in [0, 0.05) is 25.4 Å². The van der Waals surface area contributed by atoms with Gasteiger partial charge in [0.05, 0.1) is 31.6 Å². The molecule has 9 nitrogen and oxygen atoms in total. The molecular formula is C22H23N5O4. The van der Waals surface area contributed by atoms with Gasteiger partial charge in [-0.05, 0) is 17.7 Å². The van der Waals surface area contributed by atoms with Crippen molar-refractivity contribution < 1.29 is 9.53 Å². The Morgan fingerprint density at radius 1 is 1.03 bits per heavy atom. The van der Waals surface area contributed by atoms with Crippen molar-refractivity contribution in [1.82, 2.24) is 14.1 Å². The second-order valence-corrected chi connectivity index (χ2v) is 7.19. The number of carbonyl (C=O) groups is 1. The van der Waals surface area contributed by atoms with Gasteiger partial charge in [-0.2, -0.15) is 0 Å². The molecule has 0 unspecified atom stereocenters. The molecule has 0 aliphatic carbocycles. The SMILES string of the molecule is O=C(Cn1c(=O)ccn(Cc2ccccc2)c1=O)Nc1ccc(N2CCOCC2)nc1. The second kappa shape index (κ2) is 9.40. The smallest absolute Gasteiger partial charge is 0.331 e. The molecule has 160 valence electrons. The maximum Gasteiger partial charge on any atom is 0.331 e. The Bertz CT molecular complexity index is 1150. The summed E-state index contributed by atoms with van der Waals surface area (Å²) in [5, 5.41) is 2.69. The summed E-state index contributed by atoms with van der Waals surface area (Å²) in [6.45, 7) is 2.80. The highest BCUT2D eigenvalue weighted by molar-refractivity contribution is 5.90. The van der Waals surface area contributed by atoms with Crippen LogP contribution in [0.15, 0.2) is 70.5 Å². The number of rotatable bonds is 6. The first-order valence-corrected chi connectivity index (χ1v) is 10.0. The van der Waals surface area contributed by atoms with E-state index in [4.69, 9.17) is 4.74 Å². The predicted octanol–water partition coefficient (Wildman–Crippen LogP) is 0.929. The Morgan fingerprint density at radius 3 is 2.52 bits per heavy atom. The first kappa shape index (κ1) is 20.5. The lowest BCUT2D eigenvalue weighted by atomic mass is 10.2. The van der Waals surface area contributed by atoms with Gasteiger partial charge in [-0.25, -0.2) is 9.78 Å². The third kappa shape index (κ3) is 5.07. The van der Waals surface area contributed by atoms with E-state index in [1.807, 2.05) is 36.4 Å². The minimum absolute atomic E-state index is 0.314.